The smallest absolute Gasteiger partial charge is 0.0387 e. The topological polar surface area (TPSA) is 18.5 Å². The highest BCUT2D eigenvalue weighted by Crippen LogP contribution is 2.21. The summed E-state index contributed by atoms with van der Waals surface area (Å²) in [5.74, 6) is 0. The Morgan fingerprint density at radius 2 is 2.00 bits per heavy atom. The fraction of sp³-hybridized carbons (Fsp3) is 0.375. The molecule has 0 aliphatic carbocycles. The molecule has 0 bridgehead atoms. The molecule has 106 valence electrons. The molecule has 0 atom stereocenters. The molecule has 1 N–H and O–H groups in total. The minimum absolute atomic E-state index is 1.09. The van der Waals surface area contributed by atoms with Crippen LogP contribution in [-0.4, -0.2) is 38.1 Å². The van der Waals surface area contributed by atoms with E-state index in [1.807, 2.05) is 7.05 Å². The van der Waals surface area contributed by atoms with Gasteiger partial charge in [0.1, 0.15) is 0 Å². The van der Waals surface area contributed by atoms with E-state index in [4.69, 9.17) is 0 Å². The van der Waals surface area contributed by atoms with E-state index in [-0.39, 0.29) is 0 Å². The van der Waals surface area contributed by atoms with Gasteiger partial charge in [0.2, 0.25) is 0 Å². The van der Waals surface area contributed by atoms with Crippen molar-refractivity contribution in [3.8, 4) is 0 Å². The SMILES string of the molecule is CNc1cccc(N2CCN(Cc3ccsc3)CC2)c1. The summed E-state index contributed by atoms with van der Waals surface area (Å²) in [7, 11) is 1.97. The second-order valence-corrected chi connectivity index (χ2v) is 5.98. The zero-order chi connectivity index (χ0) is 13.8. The molecular formula is C16H21N3S. The Kier molecular flexibility index (Phi) is 4.23. The molecule has 1 fully saturated rings. The van der Waals surface area contributed by atoms with Crippen molar-refractivity contribution in [3.05, 3.63) is 46.7 Å². The molecule has 3 rings (SSSR count). The van der Waals surface area contributed by atoms with Crippen molar-refractivity contribution in [2.24, 2.45) is 0 Å². The van der Waals surface area contributed by atoms with Gasteiger partial charge >= 0.3 is 0 Å². The first kappa shape index (κ1) is 13.5. The Bertz CT molecular complexity index is 530. The third-order valence-corrected chi connectivity index (χ3v) is 4.59. The first-order valence-corrected chi connectivity index (χ1v) is 8.05. The van der Waals surface area contributed by atoms with Crippen LogP contribution in [0.15, 0.2) is 41.1 Å². The Labute approximate surface area is 124 Å². The number of piperazine rings is 1. The molecule has 1 aliphatic rings. The Balaban J connectivity index is 1.57. The lowest BCUT2D eigenvalue weighted by Crippen LogP contribution is -2.45. The molecule has 0 spiro atoms. The van der Waals surface area contributed by atoms with Crippen LogP contribution in [0.3, 0.4) is 0 Å². The Morgan fingerprint density at radius 1 is 1.15 bits per heavy atom. The molecular weight excluding hydrogens is 266 g/mol. The molecule has 0 saturated carbocycles. The number of nitrogens with zero attached hydrogens (tertiary/aromatic N) is 2. The molecule has 20 heavy (non-hydrogen) atoms. The standard InChI is InChI=1S/C16H21N3S/c1-17-15-3-2-4-16(11-15)19-8-6-18(7-9-19)12-14-5-10-20-13-14/h2-5,10-11,13,17H,6-9,12H2,1H3. The molecule has 2 heterocycles. The summed E-state index contributed by atoms with van der Waals surface area (Å²) in [5.41, 5.74) is 3.95. The molecule has 1 aliphatic heterocycles. The molecule has 2 aromatic rings. The van der Waals surface area contributed by atoms with Crippen LogP contribution in [0, 0.1) is 0 Å². The molecule has 1 aromatic carbocycles. The summed E-state index contributed by atoms with van der Waals surface area (Å²) < 4.78 is 0. The molecule has 0 amide bonds. The van der Waals surface area contributed by atoms with Gasteiger partial charge in [-0.15, -0.1) is 0 Å². The third kappa shape index (κ3) is 3.14. The van der Waals surface area contributed by atoms with E-state index >= 15 is 0 Å². The zero-order valence-corrected chi connectivity index (χ0v) is 12.7. The fourth-order valence-corrected chi connectivity index (χ4v) is 3.32. The van der Waals surface area contributed by atoms with Gasteiger partial charge in [-0.2, -0.15) is 11.3 Å². The minimum atomic E-state index is 1.09. The number of hydrogen-bond acceptors (Lipinski definition) is 4. The van der Waals surface area contributed by atoms with Crippen LogP contribution in [0.1, 0.15) is 5.56 Å². The Hall–Kier alpha value is -1.52. The third-order valence-electron chi connectivity index (χ3n) is 3.86. The lowest BCUT2D eigenvalue weighted by atomic mass is 10.2. The highest BCUT2D eigenvalue weighted by Gasteiger charge is 2.17. The summed E-state index contributed by atoms with van der Waals surface area (Å²) in [4.78, 5) is 5.02. The molecule has 1 aromatic heterocycles. The van der Waals surface area contributed by atoms with Gasteiger partial charge in [-0.25, -0.2) is 0 Å². The van der Waals surface area contributed by atoms with E-state index in [0.717, 1.165) is 32.7 Å². The van der Waals surface area contributed by atoms with Gasteiger partial charge in [-0.05, 0) is 40.6 Å². The maximum Gasteiger partial charge on any atom is 0.0387 e. The predicted octanol–water partition coefficient (Wildman–Crippen LogP) is 3.11. The van der Waals surface area contributed by atoms with Crippen molar-refractivity contribution >= 4 is 22.7 Å². The van der Waals surface area contributed by atoms with Crippen LogP contribution < -0.4 is 10.2 Å². The minimum Gasteiger partial charge on any atom is -0.388 e. The number of nitrogens with one attached hydrogen (secondary N) is 1. The predicted molar refractivity (Wildman–Crippen MR) is 87.8 cm³/mol. The van der Waals surface area contributed by atoms with Gasteiger partial charge in [0.15, 0.2) is 0 Å². The number of benzene rings is 1. The molecule has 0 unspecified atom stereocenters. The van der Waals surface area contributed by atoms with Crippen molar-refractivity contribution in [1.29, 1.82) is 0 Å². The van der Waals surface area contributed by atoms with E-state index in [1.54, 1.807) is 11.3 Å². The second-order valence-electron chi connectivity index (χ2n) is 5.20. The summed E-state index contributed by atoms with van der Waals surface area (Å²) in [6.45, 7) is 5.59. The largest absolute Gasteiger partial charge is 0.388 e. The van der Waals surface area contributed by atoms with E-state index in [1.165, 1.54) is 16.9 Å². The van der Waals surface area contributed by atoms with Crippen LogP contribution in [0.2, 0.25) is 0 Å². The first-order chi connectivity index (χ1) is 9.85. The number of anilines is 2. The fourth-order valence-electron chi connectivity index (χ4n) is 2.66. The summed E-state index contributed by atoms with van der Waals surface area (Å²) in [5, 5.41) is 7.62. The molecule has 3 nitrogen and oxygen atoms in total. The van der Waals surface area contributed by atoms with Crippen LogP contribution in [-0.2, 0) is 6.54 Å². The van der Waals surface area contributed by atoms with Gasteiger partial charge < -0.3 is 10.2 Å². The maximum absolute atomic E-state index is 3.21. The van der Waals surface area contributed by atoms with Crippen LogP contribution in [0.25, 0.3) is 0 Å². The van der Waals surface area contributed by atoms with Crippen molar-refractivity contribution in [3.63, 3.8) is 0 Å². The van der Waals surface area contributed by atoms with Crippen molar-refractivity contribution in [2.75, 3.05) is 43.4 Å². The van der Waals surface area contributed by atoms with E-state index in [2.05, 4.69) is 56.2 Å². The van der Waals surface area contributed by atoms with Crippen LogP contribution >= 0.6 is 11.3 Å². The zero-order valence-electron chi connectivity index (χ0n) is 11.9. The first-order valence-electron chi connectivity index (χ1n) is 7.11. The number of hydrogen-bond donors (Lipinski definition) is 1. The number of thiophene rings is 1. The highest BCUT2D eigenvalue weighted by molar-refractivity contribution is 7.07. The van der Waals surface area contributed by atoms with Gasteiger partial charge in [0.05, 0.1) is 0 Å². The lowest BCUT2D eigenvalue weighted by molar-refractivity contribution is 0.250. The molecule has 0 radical (unpaired) electrons. The number of rotatable bonds is 4. The van der Waals surface area contributed by atoms with E-state index in [0.29, 0.717) is 0 Å². The van der Waals surface area contributed by atoms with Gasteiger partial charge in [-0.1, -0.05) is 6.07 Å². The summed E-state index contributed by atoms with van der Waals surface area (Å²) in [6.07, 6.45) is 0. The summed E-state index contributed by atoms with van der Waals surface area (Å²) in [6, 6.07) is 10.9. The van der Waals surface area contributed by atoms with E-state index in [9.17, 15) is 0 Å². The normalized spacial score (nSPS) is 16.4. The molecule has 4 heteroatoms. The van der Waals surface area contributed by atoms with Crippen molar-refractivity contribution in [2.45, 2.75) is 6.54 Å². The average molecular weight is 287 g/mol. The Morgan fingerprint density at radius 3 is 2.70 bits per heavy atom. The maximum atomic E-state index is 3.21. The van der Waals surface area contributed by atoms with Crippen LogP contribution in [0.5, 0.6) is 0 Å². The second kappa shape index (κ2) is 6.29. The van der Waals surface area contributed by atoms with Gasteiger partial charge in [0.25, 0.3) is 0 Å². The lowest BCUT2D eigenvalue weighted by Gasteiger charge is -2.36. The van der Waals surface area contributed by atoms with Gasteiger partial charge in [0, 0.05) is 51.1 Å². The van der Waals surface area contributed by atoms with E-state index < -0.39 is 0 Å². The molecule has 1 saturated heterocycles. The van der Waals surface area contributed by atoms with Crippen molar-refractivity contribution in [1.82, 2.24) is 4.90 Å². The van der Waals surface area contributed by atoms with Crippen LogP contribution in [0.4, 0.5) is 11.4 Å². The average Bonchev–Trinajstić information content (AvgIpc) is 3.01. The summed E-state index contributed by atoms with van der Waals surface area (Å²) >= 11 is 1.79. The monoisotopic (exact) mass is 287 g/mol. The van der Waals surface area contributed by atoms with Crippen molar-refractivity contribution < 1.29 is 0 Å². The quantitative estimate of drug-likeness (QED) is 0.932. The van der Waals surface area contributed by atoms with Gasteiger partial charge in [-0.3, -0.25) is 4.90 Å². The highest BCUT2D eigenvalue weighted by atomic mass is 32.1.